The maximum absolute atomic E-state index is 11.6. The van der Waals surface area contributed by atoms with Crippen LogP contribution in [0.5, 0.6) is 11.5 Å². The van der Waals surface area contributed by atoms with Gasteiger partial charge in [0, 0.05) is 12.5 Å². The lowest BCUT2D eigenvalue weighted by Crippen LogP contribution is -2.37. The first-order valence-corrected chi connectivity index (χ1v) is 17.1. The fourth-order valence-electron chi connectivity index (χ4n) is 6.38. The van der Waals surface area contributed by atoms with E-state index in [1.807, 2.05) is 6.92 Å². The topological polar surface area (TPSA) is 143 Å². The summed E-state index contributed by atoms with van der Waals surface area (Å²) in [6, 6.07) is 0. The van der Waals surface area contributed by atoms with Gasteiger partial charge in [-0.05, 0) is 87.8 Å². The summed E-state index contributed by atoms with van der Waals surface area (Å²) in [6.07, 6.45) is 11.1. The number of aliphatic hydroxyl groups excluding tert-OH is 4. The van der Waals surface area contributed by atoms with Crippen LogP contribution in [0.3, 0.4) is 0 Å². The summed E-state index contributed by atoms with van der Waals surface area (Å²) in [4.78, 5) is 22.1. The van der Waals surface area contributed by atoms with Gasteiger partial charge in [-0.1, -0.05) is 72.6 Å². The Labute approximate surface area is 276 Å². The van der Waals surface area contributed by atoms with Crippen molar-refractivity contribution in [2.45, 2.75) is 151 Å². The summed E-state index contributed by atoms with van der Waals surface area (Å²) in [5.41, 5.74) is 4.29. The molecule has 1 aromatic rings. The Bertz CT molecular complexity index is 1200. The molecule has 0 amide bonds. The quantitative estimate of drug-likeness (QED) is 0.111. The molecular formula is C37H60O9. The third kappa shape index (κ3) is 11.2. The molecule has 0 radical (unpaired) electrons. The lowest BCUT2D eigenvalue weighted by Gasteiger charge is -2.38. The predicted octanol–water partition coefficient (Wildman–Crippen LogP) is 7.65. The highest BCUT2D eigenvalue weighted by Crippen LogP contribution is 2.45. The van der Waals surface area contributed by atoms with E-state index in [4.69, 9.17) is 29.9 Å². The van der Waals surface area contributed by atoms with Gasteiger partial charge in [0.25, 0.3) is 0 Å². The normalized spacial score (nSPS) is 21.1. The second-order valence-electron chi connectivity index (χ2n) is 14.3. The Morgan fingerprint density at radius 3 is 2.00 bits per heavy atom. The third-order valence-corrected chi connectivity index (χ3v) is 9.56. The van der Waals surface area contributed by atoms with Gasteiger partial charge in [-0.25, -0.2) is 4.79 Å². The molecular weight excluding hydrogens is 588 g/mol. The highest BCUT2D eigenvalue weighted by atomic mass is 16.6. The van der Waals surface area contributed by atoms with Crippen LogP contribution in [0.4, 0.5) is 0 Å². The summed E-state index contributed by atoms with van der Waals surface area (Å²) >= 11 is 0. The van der Waals surface area contributed by atoms with E-state index in [0.717, 1.165) is 65.2 Å². The van der Waals surface area contributed by atoms with Crippen molar-refractivity contribution in [3.8, 4) is 11.5 Å². The van der Waals surface area contributed by atoms with Crippen LogP contribution in [0.25, 0.3) is 0 Å². The van der Waals surface area contributed by atoms with Crippen molar-refractivity contribution in [2.24, 2.45) is 17.8 Å². The molecule has 0 unspecified atom stereocenters. The lowest BCUT2D eigenvalue weighted by molar-refractivity contribution is -0.147. The Kier molecular flexibility index (Phi) is 15.4. The molecule has 0 aromatic heterocycles. The number of hydrogen-bond donors (Lipinski definition) is 4. The van der Waals surface area contributed by atoms with Gasteiger partial charge in [0.1, 0.15) is 23.2 Å². The molecule has 0 saturated heterocycles. The maximum Gasteiger partial charge on any atom is 0.377 e. The van der Waals surface area contributed by atoms with Crippen LogP contribution < -0.4 is 9.47 Å². The standard InChI is InChI=1S/C31H52O3.C6H8O6/c1-21(2)13-10-14-22(3)15-11-16-23(4)17-12-19-31(9)20-18-28-26(7)29(33-27(8)32)24(5)25(6)30(28)34-31;7-1-2(8)5-3(9)4(10)6(11)12-5/h21-23H,10-20H2,1-9H3;2,5,7-10H,1H2/t22-,23-,31-;2-,5+/m10/s1. The van der Waals surface area contributed by atoms with Crippen LogP contribution >= 0.6 is 0 Å². The molecule has 262 valence electrons. The van der Waals surface area contributed by atoms with Gasteiger partial charge in [-0.2, -0.15) is 0 Å². The molecule has 2 aliphatic heterocycles. The molecule has 4 N–H and O–H groups in total. The van der Waals surface area contributed by atoms with Crippen LogP contribution in [0.2, 0.25) is 0 Å². The number of esters is 2. The minimum absolute atomic E-state index is 0.107. The minimum Gasteiger partial charge on any atom is -0.505 e. The van der Waals surface area contributed by atoms with E-state index >= 15 is 0 Å². The fraction of sp³-hybridized carbons (Fsp3) is 0.730. The summed E-state index contributed by atoms with van der Waals surface area (Å²) in [6.45, 7) is 18.8. The molecule has 2 aliphatic rings. The monoisotopic (exact) mass is 648 g/mol. The van der Waals surface area contributed by atoms with Gasteiger partial charge in [-0.15, -0.1) is 0 Å². The molecule has 2 heterocycles. The van der Waals surface area contributed by atoms with Gasteiger partial charge in [-0.3, -0.25) is 4.79 Å². The average Bonchev–Trinajstić information content (AvgIpc) is 3.24. The molecule has 0 aliphatic carbocycles. The minimum atomic E-state index is -1.42. The first-order valence-electron chi connectivity index (χ1n) is 17.1. The SMILES string of the molecule is CC(=O)Oc1c(C)c(C)c2c(c1C)CC[C@@](C)(CCC[C@H](C)CCC[C@H](C)CCCC(C)C)O2.O=C1O[C@H]([C@@H](O)CO)C(O)=C1O. The van der Waals surface area contributed by atoms with Crippen molar-refractivity contribution in [1.82, 2.24) is 0 Å². The molecule has 0 bridgehead atoms. The third-order valence-electron chi connectivity index (χ3n) is 9.56. The molecule has 0 spiro atoms. The average molecular weight is 649 g/mol. The van der Waals surface area contributed by atoms with E-state index in [1.165, 1.54) is 63.9 Å². The highest BCUT2D eigenvalue weighted by Gasteiger charge is 2.39. The second kappa shape index (κ2) is 17.9. The molecule has 0 fully saturated rings. The summed E-state index contributed by atoms with van der Waals surface area (Å²) < 4.78 is 16.5. The predicted molar refractivity (Wildman–Crippen MR) is 179 cm³/mol. The van der Waals surface area contributed by atoms with Gasteiger partial charge in [0.15, 0.2) is 11.9 Å². The molecule has 0 saturated carbocycles. The van der Waals surface area contributed by atoms with Crippen LogP contribution in [-0.4, -0.2) is 56.8 Å². The maximum atomic E-state index is 11.6. The van der Waals surface area contributed by atoms with Crippen LogP contribution in [0.1, 0.15) is 128 Å². The van der Waals surface area contributed by atoms with E-state index < -0.39 is 36.3 Å². The Morgan fingerprint density at radius 2 is 1.50 bits per heavy atom. The van der Waals surface area contributed by atoms with E-state index in [1.54, 1.807) is 0 Å². The number of cyclic esters (lactones) is 1. The smallest absolute Gasteiger partial charge is 0.377 e. The molecule has 5 atom stereocenters. The molecule has 1 aromatic carbocycles. The number of carbonyl (C=O) groups excluding carboxylic acids is 2. The van der Waals surface area contributed by atoms with Crippen LogP contribution in [0, 0.1) is 38.5 Å². The first kappa shape index (κ1) is 39.4. The second-order valence-corrected chi connectivity index (χ2v) is 14.3. The van der Waals surface area contributed by atoms with E-state index in [9.17, 15) is 9.59 Å². The van der Waals surface area contributed by atoms with Crippen molar-refractivity contribution in [1.29, 1.82) is 0 Å². The van der Waals surface area contributed by atoms with E-state index in [2.05, 4.69) is 53.2 Å². The number of aliphatic hydroxyl groups is 4. The molecule has 46 heavy (non-hydrogen) atoms. The van der Waals surface area contributed by atoms with Crippen molar-refractivity contribution in [3.63, 3.8) is 0 Å². The summed E-state index contributed by atoms with van der Waals surface area (Å²) in [5, 5.41) is 35.0. The van der Waals surface area contributed by atoms with Crippen molar-refractivity contribution >= 4 is 11.9 Å². The van der Waals surface area contributed by atoms with Crippen LogP contribution in [-0.2, 0) is 20.7 Å². The van der Waals surface area contributed by atoms with Crippen LogP contribution in [0.15, 0.2) is 11.5 Å². The highest BCUT2D eigenvalue weighted by molar-refractivity contribution is 5.89. The molecule has 9 heteroatoms. The summed E-state index contributed by atoms with van der Waals surface area (Å²) in [7, 11) is 0. The Balaban J connectivity index is 0.000000512. The van der Waals surface area contributed by atoms with Gasteiger partial charge >= 0.3 is 11.9 Å². The number of fused-ring (bicyclic) bond motifs is 1. The Morgan fingerprint density at radius 1 is 0.935 bits per heavy atom. The van der Waals surface area contributed by atoms with E-state index in [0.29, 0.717) is 0 Å². The van der Waals surface area contributed by atoms with Gasteiger partial charge < -0.3 is 34.6 Å². The number of benzene rings is 1. The molecule has 9 nitrogen and oxygen atoms in total. The van der Waals surface area contributed by atoms with Gasteiger partial charge in [0.05, 0.1) is 6.61 Å². The Hall–Kier alpha value is -2.78. The zero-order valence-corrected chi connectivity index (χ0v) is 29.7. The number of hydrogen-bond acceptors (Lipinski definition) is 9. The van der Waals surface area contributed by atoms with E-state index in [-0.39, 0.29) is 11.6 Å². The lowest BCUT2D eigenvalue weighted by atomic mass is 9.83. The number of carbonyl (C=O) groups is 2. The van der Waals surface area contributed by atoms with Crippen molar-refractivity contribution in [3.05, 3.63) is 33.8 Å². The zero-order valence-electron chi connectivity index (χ0n) is 29.7. The van der Waals surface area contributed by atoms with Crippen molar-refractivity contribution < 1.29 is 44.2 Å². The zero-order chi connectivity index (χ0) is 34.8. The summed E-state index contributed by atoms with van der Waals surface area (Å²) in [5.74, 6) is 1.21. The number of rotatable bonds is 15. The van der Waals surface area contributed by atoms with Crippen molar-refractivity contribution in [2.75, 3.05) is 6.61 Å². The first-order chi connectivity index (χ1) is 21.5. The molecule has 3 rings (SSSR count). The fourth-order valence-corrected chi connectivity index (χ4v) is 6.38. The van der Waals surface area contributed by atoms with Gasteiger partial charge in [0.2, 0.25) is 5.76 Å². The number of ether oxygens (including phenoxy) is 3. The largest absolute Gasteiger partial charge is 0.505 e.